The van der Waals surface area contributed by atoms with Gasteiger partial charge >= 0.3 is 0 Å². The third-order valence-corrected chi connectivity index (χ3v) is 5.13. The summed E-state index contributed by atoms with van der Waals surface area (Å²) in [4.78, 5) is 1.29. The molecule has 0 aliphatic carbocycles. The Morgan fingerprint density at radius 2 is 1.95 bits per heavy atom. The first-order valence-electron chi connectivity index (χ1n) is 6.86. The lowest BCUT2D eigenvalue weighted by molar-refractivity contribution is 0.276. The quantitative estimate of drug-likeness (QED) is 0.910. The van der Waals surface area contributed by atoms with Gasteiger partial charge in [-0.15, -0.1) is 11.8 Å². The van der Waals surface area contributed by atoms with Gasteiger partial charge in [0.25, 0.3) is 0 Å². The van der Waals surface area contributed by atoms with Crippen LogP contribution in [0, 0.1) is 13.8 Å². The summed E-state index contributed by atoms with van der Waals surface area (Å²) in [6, 6.07) is 14.6. The first-order chi connectivity index (χ1) is 9.65. The highest BCUT2D eigenvalue weighted by Crippen LogP contribution is 2.39. The molecule has 1 aliphatic rings. The number of benzene rings is 2. The van der Waals surface area contributed by atoms with Crippen LogP contribution in [0.1, 0.15) is 22.7 Å². The maximum absolute atomic E-state index is 6.42. The zero-order valence-corrected chi connectivity index (χ0v) is 12.6. The molecule has 2 aromatic rings. The van der Waals surface area contributed by atoms with E-state index in [2.05, 4.69) is 38.1 Å². The van der Waals surface area contributed by atoms with Gasteiger partial charge in [0, 0.05) is 16.5 Å². The van der Waals surface area contributed by atoms with E-state index in [0.717, 1.165) is 11.3 Å². The van der Waals surface area contributed by atoms with Gasteiger partial charge in [0.05, 0.1) is 5.25 Å². The molecule has 0 saturated heterocycles. The fourth-order valence-electron chi connectivity index (χ4n) is 2.57. The van der Waals surface area contributed by atoms with Crippen molar-refractivity contribution in [3.8, 4) is 5.75 Å². The minimum atomic E-state index is 0.0191. The van der Waals surface area contributed by atoms with E-state index < -0.39 is 0 Å². The third-order valence-electron chi connectivity index (χ3n) is 3.69. The molecule has 0 bridgehead atoms. The van der Waals surface area contributed by atoms with Crippen LogP contribution in [0.15, 0.2) is 47.4 Å². The van der Waals surface area contributed by atoms with E-state index in [-0.39, 0.29) is 11.3 Å². The summed E-state index contributed by atoms with van der Waals surface area (Å²) in [5, 5.41) is 0.256. The van der Waals surface area contributed by atoms with Crippen LogP contribution >= 0.6 is 11.8 Å². The largest absolute Gasteiger partial charge is 0.492 e. The highest BCUT2D eigenvalue weighted by molar-refractivity contribution is 8.00. The van der Waals surface area contributed by atoms with Gasteiger partial charge in [0.15, 0.2) is 0 Å². The van der Waals surface area contributed by atoms with Crippen LogP contribution in [-0.2, 0) is 0 Å². The Morgan fingerprint density at radius 1 is 1.15 bits per heavy atom. The van der Waals surface area contributed by atoms with Crippen molar-refractivity contribution in [2.24, 2.45) is 5.73 Å². The van der Waals surface area contributed by atoms with Crippen LogP contribution < -0.4 is 10.5 Å². The molecule has 0 fully saturated rings. The first-order valence-corrected chi connectivity index (χ1v) is 7.74. The van der Waals surface area contributed by atoms with E-state index in [1.54, 1.807) is 0 Å². The normalized spacial score (nSPS) is 21.1. The minimum absolute atomic E-state index is 0.0191. The molecule has 2 aromatic carbocycles. The summed E-state index contributed by atoms with van der Waals surface area (Å²) in [6.45, 7) is 4.93. The Morgan fingerprint density at radius 3 is 2.75 bits per heavy atom. The van der Waals surface area contributed by atoms with Crippen LogP contribution in [0.4, 0.5) is 0 Å². The second kappa shape index (κ2) is 5.51. The number of para-hydroxylation sites is 1. The molecule has 3 heteroatoms. The van der Waals surface area contributed by atoms with Crippen LogP contribution in [0.3, 0.4) is 0 Å². The molecule has 1 aliphatic heterocycles. The molecule has 2 atom stereocenters. The van der Waals surface area contributed by atoms with E-state index >= 15 is 0 Å². The highest BCUT2D eigenvalue weighted by atomic mass is 32.2. The van der Waals surface area contributed by atoms with E-state index in [1.165, 1.54) is 16.0 Å². The van der Waals surface area contributed by atoms with Gasteiger partial charge in [-0.2, -0.15) is 0 Å². The predicted octanol–water partition coefficient (Wildman–Crippen LogP) is 3.86. The van der Waals surface area contributed by atoms with Gasteiger partial charge in [-0.3, -0.25) is 0 Å². The predicted molar refractivity (Wildman–Crippen MR) is 84.4 cm³/mol. The molecule has 2 unspecified atom stereocenters. The van der Waals surface area contributed by atoms with Crippen LogP contribution in [0.2, 0.25) is 0 Å². The zero-order chi connectivity index (χ0) is 14.1. The number of thioether (sulfide) groups is 1. The van der Waals surface area contributed by atoms with Crippen molar-refractivity contribution in [2.75, 3.05) is 6.61 Å². The fourth-order valence-corrected chi connectivity index (χ4v) is 3.71. The molecule has 20 heavy (non-hydrogen) atoms. The molecule has 0 radical (unpaired) electrons. The van der Waals surface area contributed by atoms with Crippen LogP contribution in [0.5, 0.6) is 5.75 Å². The van der Waals surface area contributed by atoms with Crippen molar-refractivity contribution in [1.82, 2.24) is 0 Å². The molecule has 104 valence electrons. The molecule has 0 spiro atoms. The summed E-state index contributed by atoms with van der Waals surface area (Å²) in [5.41, 5.74) is 10.1. The first kappa shape index (κ1) is 13.5. The van der Waals surface area contributed by atoms with E-state index in [9.17, 15) is 0 Å². The molecule has 3 rings (SSSR count). The fraction of sp³-hybridized carbons (Fsp3) is 0.294. The second-order valence-electron chi connectivity index (χ2n) is 5.30. The SMILES string of the molecule is Cc1ccc(SC2COc3ccccc3C2N)c(C)c1. The van der Waals surface area contributed by atoms with Crippen molar-refractivity contribution < 1.29 is 4.74 Å². The molecule has 2 nitrogen and oxygen atoms in total. The average Bonchev–Trinajstić information content (AvgIpc) is 2.45. The molecule has 1 heterocycles. The number of nitrogens with two attached hydrogens (primary N) is 1. The zero-order valence-electron chi connectivity index (χ0n) is 11.8. The van der Waals surface area contributed by atoms with Gasteiger partial charge in [-0.1, -0.05) is 35.9 Å². The molecular formula is C17H19NOS. The van der Waals surface area contributed by atoms with E-state index in [0.29, 0.717) is 6.61 Å². The Kier molecular flexibility index (Phi) is 3.72. The van der Waals surface area contributed by atoms with Crippen molar-refractivity contribution in [3.63, 3.8) is 0 Å². The standard InChI is InChI=1S/C17H19NOS/c1-11-7-8-15(12(2)9-11)20-16-10-19-14-6-4-3-5-13(14)17(16)18/h3-9,16-17H,10,18H2,1-2H3. The van der Waals surface area contributed by atoms with Gasteiger partial charge in [-0.25, -0.2) is 0 Å². The smallest absolute Gasteiger partial charge is 0.124 e. The molecular weight excluding hydrogens is 266 g/mol. The van der Waals surface area contributed by atoms with Crippen LogP contribution in [-0.4, -0.2) is 11.9 Å². The molecule has 0 saturated carbocycles. The second-order valence-corrected chi connectivity index (χ2v) is 6.58. The number of ether oxygens (including phenoxy) is 1. The summed E-state index contributed by atoms with van der Waals surface area (Å²) < 4.78 is 5.84. The monoisotopic (exact) mass is 285 g/mol. The lowest BCUT2D eigenvalue weighted by Gasteiger charge is -2.31. The van der Waals surface area contributed by atoms with Gasteiger partial charge < -0.3 is 10.5 Å². The Hall–Kier alpha value is -1.45. The number of hydrogen-bond acceptors (Lipinski definition) is 3. The van der Waals surface area contributed by atoms with E-state index in [1.807, 2.05) is 30.0 Å². The Balaban J connectivity index is 1.83. The molecule has 2 N–H and O–H groups in total. The lowest BCUT2D eigenvalue weighted by atomic mass is 10.0. The van der Waals surface area contributed by atoms with Gasteiger partial charge in [0.1, 0.15) is 12.4 Å². The maximum Gasteiger partial charge on any atom is 0.124 e. The Bertz CT molecular complexity index is 626. The number of fused-ring (bicyclic) bond motifs is 1. The topological polar surface area (TPSA) is 35.2 Å². The maximum atomic E-state index is 6.42. The molecule has 0 aromatic heterocycles. The Labute approximate surface area is 124 Å². The van der Waals surface area contributed by atoms with Gasteiger partial charge in [-0.05, 0) is 31.5 Å². The van der Waals surface area contributed by atoms with Crippen molar-refractivity contribution in [2.45, 2.75) is 30.0 Å². The van der Waals surface area contributed by atoms with Crippen molar-refractivity contribution in [3.05, 3.63) is 59.2 Å². The van der Waals surface area contributed by atoms with Gasteiger partial charge in [0.2, 0.25) is 0 Å². The molecule has 0 amide bonds. The summed E-state index contributed by atoms with van der Waals surface area (Å²) >= 11 is 1.82. The lowest BCUT2D eigenvalue weighted by Crippen LogP contribution is -2.33. The minimum Gasteiger partial charge on any atom is -0.492 e. The summed E-state index contributed by atoms with van der Waals surface area (Å²) in [6.07, 6.45) is 0. The summed E-state index contributed by atoms with van der Waals surface area (Å²) in [7, 11) is 0. The third kappa shape index (κ3) is 2.56. The number of hydrogen-bond donors (Lipinski definition) is 1. The summed E-state index contributed by atoms with van der Waals surface area (Å²) in [5.74, 6) is 0.928. The highest BCUT2D eigenvalue weighted by Gasteiger charge is 2.28. The van der Waals surface area contributed by atoms with Crippen molar-refractivity contribution >= 4 is 11.8 Å². The average molecular weight is 285 g/mol. The number of rotatable bonds is 2. The van der Waals surface area contributed by atoms with Crippen LogP contribution in [0.25, 0.3) is 0 Å². The van der Waals surface area contributed by atoms with Crippen molar-refractivity contribution in [1.29, 1.82) is 0 Å². The number of aryl methyl sites for hydroxylation is 2. The van der Waals surface area contributed by atoms with E-state index in [4.69, 9.17) is 10.5 Å².